The van der Waals surface area contributed by atoms with Crippen molar-refractivity contribution in [2.24, 2.45) is 5.92 Å². The Balaban J connectivity index is 1.94. The van der Waals surface area contributed by atoms with Crippen LogP contribution in [0, 0.1) is 5.92 Å². The monoisotopic (exact) mass is 314 g/mol. The van der Waals surface area contributed by atoms with Gasteiger partial charge < -0.3 is 5.32 Å². The van der Waals surface area contributed by atoms with E-state index >= 15 is 0 Å². The number of nitrogens with zero attached hydrogens (tertiary/aromatic N) is 2. The van der Waals surface area contributed by atoms with E-state index < -0.39 is 10.0 Å². The van der Waals surface area contributed by atoms with Crippen LogP contribution in [-0.4, -0.2) is 37.8 Å². The van der Waals surface area contributed by atoms with E-state index in [1.54, 1.807) is 10.9 Å². The molecule has 1 heterocycles. The van der Waals surface area contributed by atoms with Gasteiger partial charge in [0.2, 0.25) is 10.0 Å². The smallest absolute Gasteiger partial charge is 0.243 e. The molecule has 0 saturated heterocycles. The maximum absolute atomic E-state index is 12.4. The predicted octanol–water partition coefficient (Wildman–Crippen LogP) is 1.35. The number of hydrogen-bond acceptors (Lipinski definition) is 4. The second-order valence-electron chi connectivity index (χ2n) is 5.79. The van der Waals surface area contributed by atoms with Crippen molar-refractivity contribution in [1.29, 1.82) is 0 Å². The van der Waals surface area contributed by atoms with E-state index in [2.05, 4.69) is 22.1 Å². The molecule has 1 saturated carbocycles. The minimum Gasteiger partial charge on any atom is -0.318 e. The summed E-state index contributed by atoms with van der Waals surface area (Å²) in [6.45, 7) is 3.62. The minimum atomic E-state index is -3.44. The van der Waals surface area contributed by atoms with Crippen LogP contribution in [0.1, 0.15) is 39.0 Å². The molecule has 1 fully saturated rings. The number of sulfonamides is 1. The molecule has 0 aromatic carbocycles. The van der Waals surface area contributed by atoms with Crippen molar-refractivity contribution in [3.63, 3.8) is 0 Å². The fourth-order valence-electron chi connectivity index (χ4n) is 2.81. The van der Waals surface area contributed by atoms with Crippen molar-refractivity contribution in [3.8, 4) is 0 Å². The summed E-state index contributed by atoms with van der Waals surface area (Å²) < 4.78 is 29.2. The van der Waals surface area contributed by atoms with Crippen molar-refractivity contribution in [2.45, 2.75) is 56.5 Å². The zero-order valence-corrected chi connectivity index (χ0v) is 13.7. The van der Waals surface area contributed by atoms with Crippen LogP contribution >= 0.6 is 0 Å². The Morgan fingerprint density at radius 1 is 1.33 bits per heavy atom. The first-order valence-corrected chi connectivity index (χ1v) is 9.23. The number of likely N-dealkylation sites (N-methyl/N-ethyl adjacent to an activating group) is 1. The van der Waals surface area contributed by atoms with E-state index in [9.17, 15) is 8.42 Å². The van der Waals surface area contributed by atoms with Gasteiger partial charge in [-0.05, 0) is 38.6 Å². The van der Waals surface area contributed by atoms with Gasteiger partial charge in [-0.25, -0.2) is 13.1 Å². The topological polar surface area (TPSA) is 76.0 Å². The maximum Gasteiger partial charge on any atom is 0.243 e. The Morgan fingerprint density at radius 2 is 2.05 bits per heavy atom. The second-order valence-corrected chi connectivity index (χ2v) is 7.50. The number of nitrogens with one attached hydrogen (secondary N) is 2. The van der Waals surface area contributed by atoms with Gasteiger partial charge in [-0.3, -0.25) is 4.68 Å². The van der Waals surface area contributed by atoms with Crippen LogP contribution in [-0.2, 0) is 16.6 Å². The summed E-state index contributed by atoms with van der Waals surface area (Å²) >= 11 is 0. The third-order valence-corrected chi connectivity index (χ3v) is 5.73. The quantitative estimate of drug-likeness (QED) is 0.796. The van der Waals surface area contributed by atoms with E-state index in [0.29, 0.717) is 6.54 Å². The van der Waals surface area contributed by atoms with Crippen LogP contribution in [0.5, 0.6) is 0 Å². The van der Waals surface area contributed by atoms with Crippen molar-refractivity contribution in [3.05, 3.63) is 12.4 Å². The van der Waals surface area contributed by atoms with Crippen molar-refractivity contribution in [1.82, 2.24) is 19.8 Å². The summed E-state index contributed by atoms with van der Waals surface area (Å²) in [4.78, 5) is 0.260. The molecule has 1 aliphatic carbocycles. The first kappa shape index (κ1) is 16.5. The number of hydrogen-bond donors (Lipinski definition) is 2. The van der Waals surface area contributed by atoms with Gasteiger partial charge in [-0.2, -0.15) is 5.10 Å². The lowest BCUT2D eigenvalue weighted by atomic mass is 9.85. The molecule has 7 heteroatoms. The molecule has 2 rings (SSSR count). The van der Waals surface area contributed by atoms with Gasteiger partial charge in [-0.1, -0.05) is 13.3 Å². The Morgan fingerprint density at radius 3 is 2.67 bits per heavy atom. The largest absolute Gasteiger partial charge is 0.318 e. The zero-order chi connectivity index (χ0) is 15.3. The SMILES string of the molecule is CCC1CCC(NS(=O)(=O)c2cnn(CCNC)c2)CC1. The van der Waals surface area contributed by atoms with Gasteiger partial charge in [0, 0.05) is 18.8 Å². The first-order valence-electron chi connectivity index (χ1n) is 7.74. The average molecular weight is 314 g/mol. The molecule has 0 aliphatic heterocycles. The molecule has 0 atom stereocenters. The van der Waals surface area contributed by atoms with E-state index in [1.807, 2.05) is 7.05 Å². The molecule has 2 N–H and O–H groups in total. The molecule has 0 radical (unpaired) electrons. The highest BCUT2D eigenvalue weighted by atomic mass is 32.2. The predicted molar refractivity (Wildman–Crippen MR) is 82.5 cm³/mol. The molecule has 0 bridgehead atoms. The number of rotatable bonds is 7. The Hall–Kier alpha value is -0.920. The van der Waals surface area contributed by atoms with Crippen LogP contribution in [0.3, 0.4) is 0 Å². The molecule has 6 nitrogen and oxygen atoms in total. The molecular weight excluding hydrogens is 288 g/mol. The molecule has 1 aromatic heterocycles. The van der Waals surface area contributed by atoms with Gasteiger partial charge in [0.05, 0.1) is 12.7 Å². The Kier molecular flexibility index (Phi) is 5.78. The highest BCUT2D eigenvalue weighted by Crippen LogP contribution is 2.27. The molecule has 0 spiro atoms. The molecule has 120 valence electrons. The van der Waals surface area contributed by atoms with Crippen LogP contribution < -0.4 is 10.0 Å². The summed E-state index contributed by atoms with van der Waals surface area (Å²) in [5, 5.41) is 7.11. The third kappa shape index (κ3) is 4.52. The molecular formula is C14H26N4O2S. The summed E-state index contributed by atoms with van der Waals surface area (Å²) in [5.74, 6) is 0.759. The second kappa shape index (κ2) is 7.38. The standard InChI is InChI=1S/C14H26N4O2S/c1-3-12-4-6-13(7-5-12)17-21(19,20)14-10-16-18(11-14)9-8-15-2/h10-13,15,17H,3-9H2,1-2H3. The van der Waals surface area contributed by atoms with Gasteiger partial charge in [-0.15, -0.1) is 0 Å². The van der Waals surface area contributed by atoms with Crippen molar-refractivity contribution in [2.75, 3.05) is 13.6 Å². The third-order valence-electron chi connectivity index (χ3n) is 4.26. The first-order chi connectivity index (χ1) is 10.0. The zero-order valence-electron chi connectivity index (χ0n) is 12.9. The van der Waals surface area contributed by atoms with Crippen molar-refractivity contribution >= 4 is 10.0 Å². The molecule has 1 aliphatic rings. The highest BCUT2D eigenvalue weighted by Gasteiger charge is 2.25. The van der Waals surface area contributed by atoms with Gasteiger partial charge in [0.15, 0.2) is 0 Å². The van der Waals surface area contributed by atoms with Crippen LogP contribution in [0.15, 0.2) is 17.3 Å². The lowest BCUT2D eigenvalue weighted by Gasteiger charge is -2.27. The molecule has 1 aromatic rings. The van der Waals surface area contributed by atoms with Gasteiger partial charge >= 0.3 is 0 Å². The summed E-state index contributed by atoms with van der Waals surface area (Å²) in [6.07, 6.45) is 8.32. The lowest BCUT2D eigenvalue weighted by Crippen LogP contribution is -2.37. The highest BCUT2D eigenvalue weighted by molar-refractivity contribution is 7.89. The van der Waals surface area contributed by atoms with Gasteiger partial charge in [0.25, 0.3) is 0 Å². The van der Waals surface area contributed by atoms with Crippen LogP contribution in [0.25, 0.3) is 0 Å². The molecule has 21 heavy (non-hydrogen) atoms. The van der Waals surface area contributed by atoms with Crippen LogP contribution in [0.2, 0.25) is 0 Å². The summed E-state index contributed by atoms with van der Waals surface area (Å²) in [5.41, 5.74) is 0. The minimum absolute atomic E-state index is 0.0680. The fraction of sp³-hybridized carbons (Fsp3) is 0.786. The lowest BCUT2D eigenvalue weighted by molar-refractivity contribution is 0.306. The van der Waals surface area contributed by atoms with Crippen molar-refractivity contribution < 1.29 is 8.42 Å². The maximum atomic E-state index is 12.4. The fourth-order valence-corrected chi connectivity index (χ4v) is 4.06. The van der Waals surface area contributed by atoms with Gasteiger partial charge in [0.1, 0.15) is 4.90 Å². The normalized spacial score (nSPS) is 23.3. The van der Waals surface area contributed by atoms with E-state index in [4.69, 9.17) is 0 Å². The molecule has 0 amide bonds. The van der Waals surface area contributed by atoms with E-state index in [-0.39, 0.29) is 10.9 Å². The molecule has 0 unspecified atom stereocenters. The van der Waals surface area contributed by atoms with Crippen LogP contribution in [0.4, 0.5) is 0 Å². The summed E-state index contributed by atoms with van der Waals surface area (Å²) in [7, 11) is -1.59. The Bertz CT molecular complexity index is 533. The number of aromatic nitrogens is 2. The summed E-state index contributed by atoms with van der Waals surface area (Å²) in [6, 6.07) is 0.0680. The average Bonchev–Trinajstić information content (AvgIpc) is 2.95. The van der Waals surface area contributed by atoms with E-state index in [1.165, 1.54) is 12.6 Å². The Labute approximate surface area is 127 Å². The van der Waals surface area contributed by atoms with E-state index in [0.717, 1.165) is 38.1 Å².